The van der Waals surface area contributed by atoms with Gasteiger partial charge in [0.25, 0.3) is 0 Å². The SMILES string of the molecule is CCCC1=CCN(Cc2ccccc2)C1. The largest absolute Gasteiger partial charge is 0.292 e. The van der Waals surface area contributed by atoms with Crippen molar-refractivity contribution in [1.82, 2.24) is 4.90 Å². The predicted octanol–water partition coefficient (Wildman–Crippen LogP) is 3.23. The summed E-state index contributed by atoms with van der Waals surface area (Å²) < 4.78 is 0. The zero-order valence-corrected chi connectivity index (χ0v) is 9.45. The van der Waals surface area contributed by atoms with Gasteiger partial charge in [0.15, 0.2) is 0 Å². The fraction of sp³-hybridized carbons (Fsp3) is 0.429. The van der Waals surface area contributed by atoms with Crippen molar-refractivity contribution in [2.24, 2.45) is 0 Å². The number of rotatable bonds is 4. The van der Waals surface area contributed by atoms with Crippen LogP contribution in [0.3, 0.4) is 0 Å². The van der Waals surface area contributed by atoms with Crippen molar-refractivity contribution >= 4 is 0 Å². The van der Waals surface area contributed by atoms with Gasteiger partial charge in [0.05, 0.1) is 0 Å². The van der Waals surface area contributed by atoms with Crippen LogP contribution in [0.1, 0.15) is 25.3 Å². The summed E-state index contributed by atoms with van der Waals surface area (Å²) in [6.45, 7) is 5.64. The van der Waals surface area contributed by atoms with Crippen LogP contribution in [0.25, 0.3) is 0 Å². The molecule has 0 aromatic heterocycles. The van der Waals surface area contributed by atoms with E-state index in [-0.39, 0.29) is 0 Å². The second-order valence-corrected chi connectivity index (χ2v) is 4.27. The zero-order valence-electron chi connectivity index (χ0n) is 9.45. The quantitative estimate of drug-likeness (QED) is 0.676. The van der Waals surface area contributed by atoms with Gasteiger partial charge in [-0.2, -0.15) is 0 Å². The Hall–Kier alpha value is -1.08. The van der Waals surface area contributed by atoms with E-state index in [1.165, 1.54) is 24.9 Å². The van der Waals surface area contributed by atoms with Gasteiger partial charge in [-0.1, -0.05) is 55.3 Å². The molecule has 1 aliphatic rings. The fourth-order valence-corrected chi connectivity index (χ4v) is 2.14. The maximum atomic E-state index is 2.50. The monoisotopic (exact) mass is 201 g/mol. The van der Waals surface area contributed by atoms with Crippen LogP contribution in [0.4, 0.5) is 0 Å². The third kappa shape index (κ3) is 2.93. The molecule has 0 saturated carbocycles. The van der Waals surface area contributed by atoms with E-state index in [0.29, 0.717) is 0 Å². The first-order chi connectivity index (χ1) is 7.38. The first kappa shape index (κ1) is 10.4. The fourth-order valence-electron chi connectivity index (χ4n) is 2.14. The minimum Gasteiger partial charge on any atom is -0.292 e. The molecule has 2 rings (SSSR count). The van der Waals surface area contributed by atoms with Crippen LogP contribution in [0, 0.1) is 0 Å². The first-order valence-electron chi connectivity index (χ1n) is 5.82. The highest BCUT2D eigenvalue weighted by molar-refractivity contribution is 5.17. The maximum absolute atomic E-state index is 2.50. The standard InChI is InChI=1S/C14H19N/c1-2-6-13-9-10-15(11-13)12-14-7-4-3-5-8-14/h3-5,7-9H,2,6,10-12H2,1H3. The Labute approximate surface area is 92.4 Å². The van der Waals surface area contributed by atoms with Crippen LogP contribution >= 0.6 is 0 Å². The molecule has 15 heavy (non-hydrogen) atoms. The van der Waals surface area contributed by atoms with Crippen LogP contribution < -0.4 is 0 Å². The molecule has 0 radical (unpaired) electrons. The summed E-state index contributed by atoms with van der Waals surface area (Å²) in [5.41, 5.74) is 3.04. The molecule has 0 saturated heterocycles. The molecular weight excluding hydrogens is 182 g/mol. The van der Waals surface area contributed by atoms with Crippen LogP contribution in [0.2, 0.25) is 0 Å². The summed E-state index contributed by atoms with van der Waals surface area (Å²) in [4.78, 5) is 2.50. The van der Waals surface area contributed by atoms with Crippen molar-refractivity contribution in [3.05, 3.63) is 47.5 Å². The molecule has 0 aliphatic carbocycles. The third-order valence-electron chi connectivity index (χ3n) is 2.88. The molecule has 1 heterocycles. The predicted molar refractivity (Wildman–Crippen MR) is 64.7 cm³/mol. The van der Waals surface area contributed by atoms with E-state index in [2.05, 4.69) is 48.2 Å². The van der Waals surface area contributed by atoms with E-state index < -0.39 is 0 Å². The van der Waals surface area contributed by atoms with Crippen molar-refractivity contribution < 1.29 is 0 Å². The van der Waals surface area contributed by atoms with Gasteiger partial charge < -0.3 is 0 Å². The molecule has 1 aromatic carbocycles. The molecule has 1 heteroatoms. The summed E-state index contributed by atoms with van der Waals surface area (Å²) in [7, 11) is 0. The summed E-state index contributed by atoms with van der Waals surface area (Å²) >= 11 is 0. The average molecular weight is 201 g/mol. The van der Waals surface area contributed by atoms with Gasteiger partial charge in [0.1, 0.15) is 0 Å². The summed E-state index contributed by atoms with van der Waals surface area (Å²) in [5, 5.41) is 0. The lowest BCUT2D eigenvalue weighted by Gasteiger charge is -2.15. The molecule has 1 nitrogen and oxygen atoms in total. The Morgan fingerprint density at radius 3 is 2.73 bits per heavy atom. The lowest BCUT2D eigenvalue weighted by Crippen LogP contribution is -2.20. The van der Waals surface area contributed by atoms with Crippen molar-refractivity contribution in [2.45, 2.75) is 26.3 Å². The topological polar surface area (TPSA) is 3.24 Å². The lowest BCUT2D eigenvalue weighted by atomic mass is 10.1. The van der Waals surface area contributed by atoms with Gasteiger partial charge in [0.2, 0.25) is 0 Å². The van der Waals surface area contributed by atoms with E-state index in [9.17, 15) is 0 Å². The number of nitrogens with zero attached hydrogens (tertiary/aromatic N) is 1. The summed E-state index contributed by atoms with van der Waals surface area (Å²) in [6.07, 6.45) is 4.93. The first-order valence-corrected chi connectivity index (χ1v) is 5.82. The number of benzene rings is 1. The zero-order chi connectivity index (χ0) is 10.5. The molecule has 0 N–H and O–H groups in total. The van der Waals surface area contributed by atoms with Crippen molar-refractivity contribution in [2.75, 3.05) is 13.1 Å². The molecule has 1 aliphatic heterocycles. The van der Waals surface area contributed by atoms with Crippen molar-refractivity contribution in [1.29, 1.82) is 0 Å². The Morgan fingerprint density at radius 2 is 2.00 bits per heavy atom. The van der Waals surface area contributed by atoms with E-state index in [1.54, 1.807) is 5.57 Å². The van der Waals surface area contributed by atoms with E-state index in [4.69, 9.17) is 0 Å². The second kappa shape index (κ2) is 5.13. The van der Waals surface area contributed by atoms with Gasteiger partial charge in [-0.05, 0) is 12.0 Å². The van der Waals surface area contributed by atoms with Crippen LogP contribution in [0.15, 0.2) is 42.0 Å². The summed E-state index contributed by atoms with van der Waals surface area (Å²) in [6, 6.07) is 10.7. The van der Waals surface area contributed by atoms with Gasteiger partial charge in [0, 0.05) is 19.6 Å². The van der Waals surface area contributed by atoms with Gasteiger partial charge in [-0.25, -0.2) is 0 Å². The molecule has 80 valence electrons. The van der Waals surface area contributed by atoms with E-state index >= 15 is 0 Å². The Kier molecular flexibility index (Phi) is 3.57. The van der Waals surface area contributed by atoms with Crippen LogP contribution in [0.5, 0.6) is 0 Å². The van der Waals surface area contributed by atoms with Crippen LogP contribution in [-0.4, -0.2) is 18.0 Å². The van der Waals surface area contributed by atoms with Crippen molar-refractivity contribution in [3.8, 4) is 0 Å². The average Bonchev–Trinajstić information content (AvgIpc) is 2.68. The molecule has 0 atom stereocenters. The lowest BCUT2D eigenvalue weighted by molar-refractivity contribution is 0.339. The molecule has 0 spiro atoms. The highest BCUT2D eigenvalue weighted by Gasteiger charge is 2.12. The number of hydrogen-bond acceptors (Lipinski definition) is 1. The highest BCUT2D eigenvalue weighted by Crippen LogP contribution is 2.16. The summed E-state index contributed by atoms with van der Waals surface area (Å²) in [5.74, 6) is 0. The van der Waals surface area contributed by atoms with Crippen molar-refractivity contribution in [3.63, 3.8) is 0 Å². The highest BCUT2D eigenvalue weighted by atomic mass is 15.1. The molecule has 0 bridgehead atoms. The Morgan fingerprint density at radius 1 is 1.20 bits per heavy atom. The van der Waals surface area contributed by atoms with E-state index in [1.807, 2.05) is 0 Å². The maximum Gasteiger partial charge on any atom is 0.0240 e. The Balaban J connectivity index is 1.84. The van der Waals surface area contributed by atoms with E-state index in [0.717, 1.165) is 13.1 Å². The van der Waals surface area contributed by atoms with Gasteiger partial charge >= 0.3 is 0 Å². The third-order valence-corrected chi connectivity index (χ3v) is 2.88. The molecule has 0 fully saturated rings. The van der Waals surface area contributed by atoms with Gasteiger partial charge in [-0.3, -0.25) is 4.90 Å². The molecule has 0 amide bonds. The molecule has 1 aromatic rings. The molecule has 0 unspecified atom stereocenters. The van der Waals surface area contributed by atoms with Gasteiger partial charge in [-0.15, -0.1) is 0 Å². The second-order valence-electron chi connectivity index (χ2n) is 4.27. The van der Waals surface area contributed by atoms with Crippen LogP contribution in [-0.2, 0) is 6.54 Å². The normalized spacial score (nSPS) is 16.7. The Bertz CT molecular complexity index is 326. The molecular formula is C14H19N. The smallest absolute Gasteiger partial charge is 0.0240 e. The minimum absolute atomic E-state index is 1.09. The number of hydrogen-bond donors (Lipinski definition) is 0. The minimum atomic E-state index is 1.09.